The average Bonchev–Trinajstić information content (AvgIpc) is 3.19. The Morgan fingerprint density at radius 1 is 1.22 bits per heavy atom. The van der Waals surface area contributed by atoms with E-state index in [-0.39, 0.29) is 11.4 Å². The first-order valence-electron chi connectivity index (χ1n) is 9.07. The van der Waals surface area contributed by atoms with Gasteiger partial charge >= 0.3 is 0 Å². The van der Waals surface area contributed by atoms with Crippen molar-refractivity contribution < 1.29 is 4.79 Å². The normalized spacial score (nSPS) is 14.4. The molecule has 27 heavy (non-hydrogen) atoms. The quantitative estimate of drug-likeness (QED) is 0.768. The first-order valence-corrected chi connectivity index (χ1v) is 9.07. The molecule has 2 heterocycles. The van der Waals surface area contributed by atoms with Crippen LogP contribution in [0.5, 0.6) is 0 Å². The summed E-state index contributed by atoms with van der Waals surface area (Å²) in [5.74, 6) is 0.964. The van der Waals surface area contributed by atoms with Crippen molar-refractivity contribution in [3.8, 4) is 11.4 Å². The Morgan fingerprint density at radius 3 is 2.63 bits per heavy atom. The van der Waals surface area contributed by atoms with Crippen molar-refractivity contribution in [2.24, 2.45) is 7.05 Å². The van der Waals surface area contributed by atoms with Gasteiger partial charge in [-0.05, 0) is 62.2 Å². The molecular weight excluding hydrogens is 342 g/mol. The molecule has 8 heteroatoms. The standard InChI is InChI=1S/C19H23N7O/c1-19(2,3)26-16(11-15(22-26)12-8-9-12)18(27)20-14-7-5-6-13(10-14)17-21-23-24-25(17)4/h5-7,10-12H,8-9H2,1-4H3,(H,20,27). The van der Waals surface area contributed by atoms with E-state index < -0.39 is 0 Å². The van der Waals surface area contributed by atoms with Gasteiger partial charge in [-0.2, -0.15) is 5.10 Å². The van der Waals surface area contributed by atoms with Gasteiger partial charge in [0.2, 0.25) is 0 Å². The fraction of sp³-hybridized carbons (Fsp3) is 0.421. The lowest BCUT2D eigenvalue weighted by Gasteiger charge is -2.22. The van der Waals surface area contributed by atoms with Gasteiger partial charge in [-0.25, -0.2) is 4.68 Å². The van der Waals surface area contributed by atoms with Crippen LogP contribution in [0.4, 0.5) is 5.69 Å². The number of tetrazole rings is 1. The van der Waals surface area contributed by atoms with E-state index in [1.807, 2.05) is 35.0 Å². The lowest BCUT2D eigenvalue weighted by Crippen LogP contribution is -2.29. The molecule has 1 amide bonds. The van der Waals surface area contributed by atoms with Crippen molar-refractivity contribution in [1.29, 1.82) is 0 Å². The van der Waals surface area contributed by atoms with Crippen molar-refractivity contribution in [3.05, 3.63) is 41.7 Å². The minimum Gasteiger partial charge on any atom is -0.321 e. The zero-order valence-corrected chi connectivity index (χ0v) is 16.0. The Balaban J connectivity index is 1.62. The van der Waals surface area contributed by atoms with Gasteiger partial charge in [0, 0.05) is 24.2 Å². The van der Waals surface area contributed by atoms with Crippen LogP contribution in [-0.2, 0) is 12.6 Å². The molecule has 0 atom stereocenters. The maximum absolute atomic E-state index is 13.0. The summed E-state index contributed by atoms with van der Waals surface area (Å²) in [4.78, 5) is 13.0. The van der Waals surface area contributed by atoms with Gasteiger partial charge in [-0.3, -0.25) is 9.48 Å². The topological polar surface area (TPSA) is 90.5 Å². The number of aryl methyl sites for hydroxylation is 1. The van der Waals surface area contributed by atoms with Crippen molar-refractivity contribution >= 4 is 11.6 Å². The zero-order valence-electron chi connectivity index (χ0n) is 16.0. The number of carbonyl (C=O) groups is 1. The molecule has 1 aromatic carbocycles. The lowest BCUT2D eigenvalue weighted by molar-refractivity contribution is 0.100. The average molecular weight is 365 g/mol. The summed E-state index contributed by atoms with van der Waals surface area (Å²) in [6.45, 7) is 6.15. The van der Waals surface area contributed by atoms with Gasteiger partial charge in [-0.1, -0.05) is 12.1 Å². The Bertz CT molecular complexity index is 992. The predicted octanol–water partition coefficient (Wildman–Crippen LogP) is 2.96. The van der Waals surface area contributed by atoms with Gasteiger partial charge in [0.25, 0.3) is 5.91 Å². The van der Waals surface area contributed by atoms with Crippen LogP contribution in [-0.4, -0.2) is 35.9 Å². The molecule has 8 nitrogen and oxygen atoms in total. The van der Waals surface area contributed by atoms with Gasteiger partial charge in [0.15, 0.2) is 5.82 Å². The molecule has 4 rings (SSSR count). The molecule has 0 aliphatic heterocycles. The van der Waals surface area contributed by atoms with E-state index in [1.54, 1.807) is 11.7 Å². The molecule has 0 radical (unpaired) electrons. The van der Waals surface area contributed by atoms with Crippen LogP contribution >= 0.6 is 0 Å². The number of nitrogens with zero attached hydrogens (tertiary/aromatic N) is 6. The molecule has 2 aromatic heterocycles. The molecule has 1 aliphatic carbocycles. The number of aromatic nitrogens is 6. The minimum absolute atomic E-state index is 0.169. The predicted molar refractivity (Wildman–Crippen MR) is 101 cm³/mol. The number of rotatable bonds is 4. The van der Waals surface area contributed by atoms with E-state index in [0.717, 1.165) is 24.1 Å². The van der Waals surface area contributed by atoms with Crippen molar-refractivity contribution in [2.75, 3.05) is 5.32 Å². The first-order chi connectivity index (χ1) is 12.8. The van der Waals surface area contributed by atoms with E-state index in [1.165, 1.54) is 0 Å². The summed E-state index contributed by atoms with van der Waals surface area (Å²) in [6, 6.07) is 9.42. The van der Waals surface area contributed by atoms with Crippen molar-refractivity contribution in [3.63, 3.8) is 0 Å². The number of hydrogen-bond donors (Lipinski definition) is 1. The van der Waals surface area contributed by atoms with E-state index in [0.29, 0.717) is 23.1 Å². The highest BCUT2D eigenvalue weighted by atomic mass is 16.2. The van der Waals surface area contributed by atoms with Crippen LogP contribution in [0.1, 0.15) is 55.7 Å². The third-order valence-corrected chi connectivity index (χ3v) is 4.59. The third-order valence-electron chi connectivity index (χ3n) is 4.59. The van der Waals surface area contributed by atoms with Crippen LogP contribution in [0.2, 0.25) is 0 Å². The van der Waals surface area contributed by atoms with Gasteiger partial charge in [-0.15, -0.1) is 5.10 Å². The second-order valence-electron chi connectivity index (χ2n) is 7.97. The van der Waals surface area contributed by atoms with Gasteiger partial charge < -0.3 is 5.32 Å². The fourth-order valence-electron chi connectivity index (χ4n) is 3.06. The summed E-state index contributed by atoms with van der Waals surface area (Å²) >= 11 is 0. The Kier molecular flexibility index (Phi) is 4.05. The molecule has 140 valence electrons. The van der Waals surface area contributed by atoms with Crippen LogP contribution in [0, 0.1) is 0 Å². The highest BCUT2D eigenvalue weighted by Crippen LogP contribution is 2.40. The molecular formula is C19H23N7O. The van der Waals surface area contributed by atoms with E-state index in [9.17, 15) is 4.79 Å². The Labute approximate surface area is 157 Å². The smallest absolute Gasteiger partial charge is 0.273 e. The maximum Gasteiger partial charge on any atom is 0.273 e. The third kappa shape index (κ3) is 3.47. The van der Waals surface area contributed by atoms with E-state index in [4.69, 9.17) is 5.10 Å². The number of amides is 1. The number of nitrogens with one attached hydrogen (secondary N) is 1. The molecule has 1 N–H and O–H groups in total. The van der Waals surface area contributed by atoms with Crippen LogP contribution in [0.15, 0.2) is 30.3 Å². The van der Waals surface area contributed by atoms with Crippen LogP contribution in [0.25, 0.3) is 11.4 Å². The molecule has 0 unspecified atom stereocenters. The largest absolute Gasteiger partial charge is 0.321 e. The molecule has 1 aliphatic rings. The van der Waals surface area contributed by atoms with E-state index in [2.05, 4.69) is 41.6 Å². The summed E-state index contributed by atoms with van der Waals surface area (Å²) < 4.78 is 3.42. The SMILES string of the molecule is Cn1nnnc1-c1cccc(NC(=O)c2cc(C3CC3)nn2C(C)(C)C)c1. The second kappa shape index (κ2) is 6.29. The number of carbonyl (C=O) groups excluding carboxylic acids is 1. The van der Waals surface area contributed by atoms with Crippen LogP contribution < -0.4 is 5.32 Å². The molecule has 0 spiro atoms. The number of anilines is 1. The molecule has 0 bridgehead atoms. The summed E-state index contributed by atoms with van der Waals surface area (Å²) in [7, 11) is 1.78. The molecule has 3 aromatic rings. The van der Waals surface area contributed by atoms with E-state index >= 15 is 0 Å². The van der Waals surface area contributed by atoms with Gasteiger partial charge in [0.05, 0.1) is 11.2 Å². The summed E-state index contributed by atoms with van der Waals surface area (Å²) in [5.41, 5.74) is 2.84. The zero-order chi connectivity index (χ0) is 19.2. The monoisotopic (exact) mass is 365 g/mol. The summed E-state index contributed by atoms with van der Waals surface area (Å²) in [5, 5.41) is 19.2. The lowest BCUT2D eigenvalue weighted by atomic mass is 10.1. The molecule has 1 saturated carbocycles. The first kappa shape index (κ1) is 17.4. The fourth-order valence-corrected chi connectivity index (χ4v) is 3.06. The minimum atomic E-state index is -0.272. The van der Waals surface area contributed by atoms with Crippen molar-refractivity contribution in [2.45, 2.75) is 45.1 Å². The van der Waals surface area contributed by atoms with Gasteiger partial charge in [0.1, 0.15) is 5.69 Å². The highest BCUT2D eigenvalue weighted by Gasteiger charge is 2.31. The molecule has 1 fully saturated rings. The van der Waals surface area contributed by atoms with Crippen molar-refractivity contribution in [1.82, 2.24) is 30.0 Å². The number of benzene rings is 1. The second-order valence-corrected chi connectivity index (χ2v) is 7.97. The Hall–Kier alpha value is -3.03. The highest BCUT2D eigenvalue weighted by molar-refractivity contribution is 6.03. The Morgan fingerprint density at radius 2 is 2.00 bits per heavy atom. The maximum atomic E-state index is 13.0. The molecule has 0 saturated heterocycles. The summed E-state index contributed by atoms with van der Waals surface area (Å²) in [6.07, 6.45) is 2.30. The van der Waals surface area contributed by atoms with Crippen LogP contribution in [0.3, 0.4) is 0 Å². The number of hydrogen-bond acceptors (Lipinski definition) is 5.